The number of ether oxygens (including phenoxy) is 2. The van der Waals surface area contributed by atoms with Crippen LogP contribution < -0.4 is 20.1 Å². The van der Waals surface area contributed by atoms with E-state index in [9.17, 15) is 4.79 Å². The predicted octanol–water partition coefficient (Wildman–Crippen LogP) is 3.99. The fraction of sp³-hybridized carbons (Fsp3) is 0.227. The van der Waals surface area contributed by atoms with Crippen molar-refractivity contribution in [2.75, 3.05) is 17.4 Å². The first-order valence-electron chi connectivity index (χ1n) is 9.34. The Morgan fingerprint density at radius 1 is 1.00 bits per heavy atom. The third-order valence-corrected chi connectivity index (χ3v) is 4.62. The van der Waals surface area contributed by atoms with Gasteiger partial charge in [0.2, 0.25) is 6.79 Å². The molecule has 0 radical (unpaired) electrons. The first kappa shape index (κ1) is 18.7. The van der Waals surface area contributed by atoms with Crippen LogP contribution in [0.2, 0.25) is 0 Å². The maximum Gasteiger partial charge on any atom is 0.274 e. The van der Waals surface area contributed by atoms with E-state index in [-0.39, 0.29) is 12.7 Å². The summed E-state index contributed by atoms with van der Waals surface area (Å²) in [4.78, 5) is 21.4. The molecule has 0 bridgehead atoms. The van der Waals surface area contributed by atoms with Crippen molar-refractivity contribution >= 4 is 17.4 Å². The van der Waals surface area contributed by atoms with Gasteiger partial charge in [0.25, 0.3) is 5.91 Å². The van der Waals surface area contributed by atoms with E-state index < -0.39 is 0 Å². The summed E-state index contributed by atoms with van der Waals surface area (Å²) < 4.78 is 10.7. The Hall–Kier alpha value is -3.61. The van der Waals surface area contributed by atoms with Crippen molar-refractivity contribution in [3.05, 3.63) is 70.7 Å². The number of nitrogens with zero attached hydrogens (tertiary/aromatic N) is 2. The summed E-state index contributed by atoms with van der Waals surface area (Å²) in [6.07, 6.45) is 0. The number of amides is 1. The van der Waals surface area contributed by atoms with Gasteiger partial charge in [-0.15, -0.1) is 0 Å². The smallest absolute Gasteiger partial charge is 0.274 e. The summed E-state index contributed by atoms with van der Waals surface area (Å²) in [6.45, 7) is 6.49. The third kappa shape index (κ3) is 4.29. The monoisotopic (exact) mass is 390 g/mol. The van der Waals surface area contributed by atoms with E-state index >= 15 is 0 Å². The van der Waals surface area contributed by atoms with E-state index in [0.29, 0.717) is 23.9 Å². The van der Waals surface area contributed by atoms with Crippen LogP contribution in [-0.4, -0.2) is 22.7 Å². The Kier molecular flexibility index (Phi) is 5.03. The molecule has 29 heavy (non-hydrogen) atoms. The number of hydrogen-bond acceptors (Lipinski definition) is 6. The second-order valence-corrected chi connectivity index (χ2v) is 7.00. The highest BCUT2D eigenvalue weighted by atomic mass is 16.7. The van der Waals surface area contributed by atoms with Crippen molar-refractivity contribution in [2.24, 2.45) is 0 Å². The summed E-state index contributed by atoms with van der Waals surface area (Å²) in [5.74, 6) is 2.32. The number of nitrogens with one attached hydrogen (secondary N) is 2. The van der Waals surface area contributed by atoms with Crippen LogP contribution in [0.4, 0.5) is 11.5 Å². The molecular formula is C22H22N4O3. The van der Waals surface area contributed by atoms with Crippen molar-refractivity contribution in [3.8, 4) is 11.5 Å². The number of aromatic nitrogens is 2. The first-order chi connectivity index (χ1) is 14.0. The lowest BCUT2D eigenvalue weighted by Gasteiger charge is -2.11. The van der Waals surface area contributed by atoms with E-state index in [0.717, 1.165) is 33.9 Å². The van der Waals surface area contributed by atoms with Crippen LogP contribution in [-0.2, 0) is 6.54 Å². The largest absolute Gasteiger partial charge is 0.454 e. The molecule has 7 heteroatoms. The van der Waals surface area contributed by atoms with E-state index in [1.807, 2.05) is 50.2 Å². The topological polar surface area (TPSA) is 85.4 Å². The normalized spacial score (nSPS) is 12.0. The van der Waals surface area contributed by atoms with Crippen molar-refractivity contribution < 1.29 is 14.3 Å². The van der Waals surface area contributed by atoms with Gasteiger partial charge in [0.05, 0.1) is 0 Å². The molecule has 2 heterocycles. The van der Waals surface area contributed by atoms with Crippen LogP contribution in [0, 0.1) is 20.8 Å². The zero-order chi connectivity index (χ0) is 20.4. The molecular weight excluding hydrogens is 368 g/mol. The average molecular weight is 390 g/mol. The number of anilines is 2. The maximum absolute atomic E-state index is 12.7. The molecule has 1 aliphatic rings. The van der Waals surface area contributed by atoms with Crippen LogP contribution >= 0.6 is 0 Å². The second kappa shape index (κ2) is 7.79. The molecule has 4 rings (SSSR count). The number of benzene rings is 2. The summed E-state index contributed by atoms with van der Waals surface area (Å²) in [5, 5.41) is 6.18. The molecule has 148 valence electrons. The molecule has 7 nitrogen and oxygen atoms in total. The van der Waals surface area contributed by atoms with Gasteiger partial charge in [-0.05, 0) is 55.7 Å². The highest BCUT2D eigenvalue weighted by Crippen LogP contribution is 2.32. The van der Waals surface area contributed by atoms with Gasteiger partial charge in [0, 0.05) is 18.3 Å². The molecule has 0 saturated carbocycles. The quantitative estimate of drug-likeness (QED) is 0.685. The van der Waals surface area contributed by atoms with Crippen LogP contribution in [0.1, 0.15) is 33.0 Å². The molecule has 2 aromatic carbocycles. The Morgan fingerprint density at radius 3 is 2.69 bits per heavy atom. The minimum absolute atomic E-state index is 0.246. The van der Waals surface area contributed by atoms with Crippen molar-refractivity contribution in [1.29, 1.82) is 0 Å². The van der Waals surface area contributed by atoms with Crippen LogP contribution in [0.25, 0.3) is 0 Å². The predicted molar refractivity (Wildman–Crippen MR) is 111 cm³/mol. The summed E-state index contributed by atoms with van der Waals surface area (Å²) in [5.41, 5.74) is 4.19. The molecule has 0 atom stereocenters. The molecule has 2 N–H and O–H groups in total. The summed E-state index contributed by atoms with van der Waals surface area (Å²) in [7, 11) is 0. The molecule has 1 aliphatic heterocycles. The van der Waals surface area contributed by atoms with Gasteiger partial charge in [-0.25, -0.2) is 9.97 Å². The highest BCUT2D eigenvalue weighted by Gasteiger charge is 2.14. The molecule has 0 aliphatic carbocycles. The van der Waals surface area contributed by atoms with E-state index in [1.165, 1.54) is 0 Å². The summed E-state index contributed by atoms with van der Waals surface area (Å²) >= 11 is 0. The lowest BCUT2D eigenvalue weighted by molar-refractivity contribution is 0.102. The lowest BCUT2D eigenvalue weighted by Crippen LogP contribution is -2.16. The fourth-order valence-corrected chi connectivity index (χ4v) is 3.07. The van der Waals surface area contributed by atoms with Gasteiger partial charge in [0.15, 0.2) is 11.5 Å². The SMILES string of the molecule is Cc1ccc(C)c(NC(=O)c2cc(NCc3ccc4c(c3)OCO4)nc(C)n2)c1. The highest BCUT2D eigenvalue weighted by molar-refractivity contribution is 6.03. The van der Waals surface area contributed by atoms with Gasteiger partial charge in [-0.3, -0.25) is 4.79 Å². The molecule has 0 fully saturated rings. The number of hydrogen-bond donors (Lipinski definition) is 2. The Bertz CT molecular complexity index is 1080. The van der Waals surface area contributed by atoms with Gasteiger partial charge in [-0.1, -0.05) is 18.2 Å². The fourth-order valence-electron chi connectivity index (χ4n) is 3.07. The number of carbonyl (C=O) groups is 1. The molecule has 0 spiro atoms. The zero-order valence-corrected chi connectivity index (χ0v) is 16.6. The molecule has 1 amide bonds. The Labute approximate surface area is 169 Å². The van der Waals surface area contributed by atoms with Crippen molar-refractivity contribution in [2.45, 2.75) is 27.3 Å². The van der Waals surface area contributed by atoms with Crippen molar-refractivity contribution in [1.82, 2.24) is 9.97 Å². The van der Waals surface area contributed by atoms with Gasteiger partial charge < -0.3 is 20.1 Å². The third-order valence-electron chi connectivity index (χ3n) is 4.62. The van der Waals surface area contributed by atoms with E-state index in [1.54, 1.807) is 13.0 Å². The van der Waals surface area contributed by atoms with Gasteiger partial charge in [0.1, 0.15) is 17.3 Å². The van der Waals surface area contributed by atoms with Gasteiger partial charge >= 0.3 is 0 Å². The molecule has 0 unspecified atom stereocenters. The number of fused-ring (bicyclic) bond motifs is 1. The van der Waals surface area contributed by atoms with E-state index in [4.69, 9.17) is 9.47 Å². The minimum atomic E-state index is -0.268. The molecule has 1 aromatic heterocycles. The standard InChI is InChI=1S/C22H22N4O3/c1-13-4-5-14(2)17(8-13)26-22(27)18-10-21(25-15(3)24-18)23-11-16-6-7-19-20(9-16)29-12-28-19/h4-10H,11-12H2,1-3H3,(H,26,27)(H,23,24,25). The van der Waals surface area contributed by atoms with E-state index in [2.05, 4.69) is 20.6 Å². The first-order valence-corrected chi connectivity index (χ1v) is 9.34. The number of rotatable bonds is 5. The maximum atomic E-state index is 12.7. The van der Waals surface area contributed by atoms with Crippen LogP contribution in [0.3, 0.4) is 0 Å². The van der Waals surface area contributed by atoms with Crippen LogP contribution in [0.5, 0.6) is 11.5 Å². The molecule has 3 aromatic rings. The Morgan fingerprint density at radius 2 is 1.83 bits per heavy atom. The van der Waals surface area contributed by atoms with Gasteiger partial charge in [-0.2, -0.15) is 0 Å². The number of carbonyl (C=O) groups excluding carboxylic acids is 1. The zero-order valence-electron chi connectivity index (χ0n) is 16.6. The second-order valence-electron chi connectivity index (χ2n) is 7.00. The molecule has 0 saturated heterocycles. The number of aryl methyl sites for hydroxylation is 3. The minimum Gasteiger partial charge on any atom is -0.454 e. The summed E-state index contributed by atoms with van der Waals surface area (Å²) in [6, 6.07) is 13.4. The van der Waals surface area contributed by atoms with Crippen molar-refractivity contribution in [3.63, 3.8) is 0 Å². The van der Waals surface area contributed by atoms with Crippen LogP contribution in [0.15, 0.2) is 42.5 Å². The Balaban J connectivity index is 1.48. The average Bonchev–Trinajstić information content (AvgIpc) is 3.16. The lowest BCUT2D eigenvalue weighted by atomic mass is 10.1.